The number of hydrogen-bond donors (Lipinski definition) is 0. The summed E-state index contributed by atoms with van der Waals surface area (Å²) in [5.74, 6) is 0. The first-order chi connectivity index (χ1) is 6.75. The topological polar surface area (TPSA) is 12.9 Å². The molecule has 0 aliphatic carbocycles. The molecule has 1 aromatic heterocycles. The number of thiazole rings is 1. The van der Waals surface area contributed by atoms with Crippen LogP contribution in [0.2, 0.25) is 0 Å². The van der Waals surface area contributed by atoms with Gasteiger partial charge in [-0.15, -0.1) is 11.3 Å². The van der Waals surface area contributed by atoms with E-state index >= 15 is 0 Å². The Hall–Kier alpha value is -1.15. The number of benzene rings is 1. The van der Waals surface area contributed by atoms with Crippen molar-refractivity contribution in [1.82, 2.24) is 4.98 Å². The lowest BCUT2D eigenvalue weighted by Gasteiger charge is -2.02. The third kappa shape index (κ3) is 2.02. The van der Waals surface area contributed by atoms with Crippen LogP contribution in [0.15, 0.2) is 30.5 Å². The summed E-state index contributed by atoms with van der Waals surface area (Å²) in [6.45, 7) is 4.20. The highest BCUT2D eigenvalue weighted by Crippen LogP contribution is 2.18. The summed E-state index contributed by atoms with van der Waals surface area (Å²) in [5, 5.41) is 1.15. The van der Waals surface area contributed by atoms with Gasteiger partial charge in [-0.3, -0.25) is 0 Å². The number of rotatable bonds is 2. The quantitative estimate of drug-likeness (QED) is 0.729. The predicted molar refractivity (Wildman–Crippen MR) is 60.8 cm³/mol. The third-order valence-electron chi connectivity index (χ3n) is 2.30. The predicted octanol–water partition coefficient (Wildman–Crippen LogP) is 3.35. The van der Waals surface area contributed by atoms with Crippen molar-refractivity contribution in [3.63, 3.8) is 0 Å². The van der Waals surface area contributed by atoms with Gasteiger partial charge < -0.3 is 0 Å². The van der Waals surface area contributed by atoms with Crippen molar-refractivity contribution in [3.8, 4) is 0 Å². The van der Waals surface area contributed by atoms with E-state index in [4.69, 9.17) is 0 Å². The van der Waals surface area contributed by atoms with Crippen LogP contribution in [0.3, 0.4) is 0 Å². The van der Waals surface area contributed by atoms with Crippen LogP contribution in [0.25, 0.3) is 0 Å². The highest BCUT2D eigenvalue weighted by molar-refractivity contribution is 7.11. The monoisotopic (exact) mass is 203 g/mol. The second kappa shape index (κ2) is 3.93. The van der Waals surface area contributed by atoms with Crippen LogP contribution in [0.1, 0.15) is 21.0 Å². The Bertz CT molecular complexity index is 431. The van der Waals surface area contributed by atoms with Gasteiger partial charge in [0.05, 0.1) is 5.01 Å². The Kier molecular flexibility index (Phi) is 2.64. The molecule has 0 aliphatic heterocycles. The van der Waals surface area contributed by atoms with Gasteiger partial charge in [0.25, 0.3) is 0 Å². The molecule has 2 rings (SSSR count). The van der Waals surface area contributed by atoms with Crippen molar-refractivity contribution in [1.29, 1.82) is 0 Å². The second-order valence-corrected chi connectivity index (χ2v) is 4.77. The molecular formula is C12H13NS. The molecule has 72 valence electrons. The molecule has 0 radical (unpaired) electrons. The van der Waals surface area contributed by atoms with Gasteiger partial charge in [-0.2, -0.15) is 0 Å². The minimum atomic E-state index is 1.01. The van der Waals surface area contributed by atoms with E-state index < -0.39 is 0 Å². The summed E-state index contributed by atoms with van der Waals surface area (Å²) in [7, 11) is 0. The molecule has 0 bridgehead atoms. The van der Waals surface area contributed by atoms with Crippen LogP contribution in [0.4, 0.5) is 0 Å². The van der Waals surface area contributed by atoms with Gasteiger partial charge >= 0.3 is 0 Å². The number of aromatic nitrogens is 1. The standard InChI is InChI=1S/C12H13NS/c1-9-5-3-4-6-11(9)7-12-8-13-10(2)14-12/h3-6,8H,7H2,1-2H3. The summed E-state index contributed by atoms with van der Waals surface area (Å²) in [5.41, 5.74) is 2.76. The van der Waals surface area contributed by atoms with E-state index in [1.165, 1.54) is 16.0 Å². The summed E-state index contributed by atoms with van der Waals surface area (Å²) in [4.78, 5) is 5.61. The lowest BCUT2D eigenvalue weighted by Crippen LogP contribution is -1.88. The van der Waals surface area contributed by atoms with Crippen molar-refractivity contribution in [2.24, 2.45) is 0 Å². The highest BCUT2D eigenvalue weighted by Gasteiger charge is 2.01. The van der Waals surface area contributed by atoms with E-state index in [-0.39, 0.29) is 0 Å². The highest BCUT2D eigenvalue weighted by atomic mass is 32.1. The smallest absolute Gasteiger partial charge is 0.0896 e. The molecule has 0 amide bonds. The molecule has 0 saturated carbocycles. The SMILES string of the molecule is Cc1ncc(Cc2ccccc2C)s1. The van der Waals surface area contributed by atoms with Gasteiger partial charge in [-0.1, -0.05) is 24.3 Å². The van der Waals surface area contributed by atoms with E-state index in [0.717, 1.165) is 11.4 Å². The van der Waals surface area contributed by atoms with Crippen LogP contribution in [0.5, 0.6) is 0 Å². The van der Waals surface area contributed by atoms with Gasteiger partial charge in [-0.05, 0) is 25.0 Å². The maximum absolute atomic E-state index is 4.26. The molecule has 2 aromatic rings. The summed E-state index contributed by atoms with van der Waals surface area (Å²) < 4.78 is 0. The van der Waals surface area contributed by atoms with Crippen LogP contribution in [0, 0.1) is 13.8 Å². The molecule has 1 heterocycles. The van der Waals surface area contributed by atoms with Gasteiger partial charge in [0.2, 0.25) is 0 Å². The fourth-order valence-electron chi connectivity index (χ4n) is 1.48. The lowest BCUT2D eigenvalue weighted by atomic mass is 10.1. The molecule has 14 heavy (non-hydrogen) atoms. The van der Waals surface area contributed by atoms with Crippen molar-refractivity contribution >= 4 is 11.3 Å². The fourth-order valence-corrected chi connectivity index (χ4v) is 2.30. The molecular weight excluding hydrogens is 190 g/mol. The first kappa shape index (κ1) is 9.41. The van der Waals surface area contributed by atoms with Crippen molar-refractivity contribution in [3.05, 3.63) is 51.5 Å². The van der Waals surface area contributed by atoms with E-state index in [0.29, 0.717) is 0 Å². The Morgan fingerprint density at radius 3 is 2.64 bits per heavy atom. The summed E-state index contributed by atoms with van der Waals surface area (Å²) in [6.07, 6.45) is 2.99. The molecule has 1 aromatic carbocycles. The zero-order valence-electron chi connectivity index (χ0n) is 8.45. The lowest BCUT2D eigenvalue weighted by molar-refractivity contribution is 1.17. The molecule has 2 heteroatoms. The number of hydrogen-bond acceptors (Lipinski definition) is 2. The fraction of sp³-hybridized carbons (Fsp3) is 0.250. The van der Waals surface area contributed by atoms with Crippen molar-refractivity contribution in [2.45, 2.75) is 20.3 Å². The third-order valence-corrected chi connectivity index (χ3v) is 3.21. The van der Waals surface area contributed by atoms with Crippen LogP contribution in [-0.2, 0) is 6.42 Å². The molecule has 0 unspecified atom stereocenters. The normalized spacial score (nSPS) is 10.4. The zero-order valence-corrected chi connectivity index (χ0v) is 9.27. The molecule has 0 fully saturated rings. The molecule has 0 saturated heterocycles. The minimum absolute atomic E-state index is 1.01. The maximum Gasteiger partial charge on any atom is 0.0896 e. The van der Waals surface area contributed by atoms with E-state index in [1.54, 1.807) is 11.3 Å². The molecule has 1 nitrogen and oxygen atoms in total. The first-order valence-electron chi connectivity index (χ1n) is 4.71. The average molecular weight is 203 g/mol. The van der Waals surface area contributed by atoms with Gasteiger partial charge in [0.1, 0.15) is 0 Å². The Labute approximate surface area is 88.4 Å². The number of aryl methyl sites for hydroxylation is 2. The van der Waals surface area contributed by atoms with Crippen LogP contribution < -0.4 is 0 Å². The van der Waals surface area contributed by atoms with Gasteiger partial charge in [-0.25, -0.2) is 4.98 Å². The Morgan fingerprint density at radius 1 is 1.21 bits per heavy atom. The van der Waals surface area contributed by atoms with E-state index in [1.807, 2.05) is 13.1 Å². The maximum atomic E-state index is 4.26. The van der Waals surface area contributed by atoms with Crippen molar-refractivity contribution in [2.75, 3.05) is 0 Å². The first-order valence-corrected chi connectivity index (χ1v) is 5.53. The molecule has 0 atom stereocenters. The van der Waals surface area contributed by atoms with Gasteiger partial charge in [0.15, 0.2) is 0 Å². The second-order valence-electron chi connectivity index (χ2n) is 3.45. The van der Waals surface area contributed by atoms with E-state index in [9.17, 15) is 0 Å². The molecule has 0 N–H and O–H groups in total. The zero-order chi connectivity index (χ0) is 9.97. The Balaban J connectivity index is 2.23. The average Bonchev–Trinajstić information content (AvgIpc) is 2.56. The van der Waals surface area contributed by atoms with Gasteiger partial charge in [0, 0.05) is 17.5 Å². The largest absolute Gasteiger partial charge is 0.250 e. The van der Waals surface area contributed by atoms with E-state index in [2.05, 4.69) is 36.2 Å². The summed E-state index contributed by atoms with van der Waals surface area (Å²) in [6, 6.07) is 8.51. The van der Waals surface area contributed by atoms with Crippen LogP contribution >= 0.6 is 11.3 Å². The minimum Gasteiger partial charge on any atom is -0.250 e. The molecule has 0 spiro atoms. The van der Waals surface area contributed by atoms with Crippen molar-refractivity contribution < 1.29 is 0 Å². The molecule has 0 aliphatic rings. The number of nitrogens with zero attached hydrogens (tertiary/aromatic N) is 1. The Morgan fingerprint density at radius 2 is 2.00 bits per heavy atom. The summed E-state index contributed by atoms with van der Waals surface area (Å²) >= 11 is 1.78. The van der Waals surface area contributed by atoms with Crippen LogP contribution in [-0.4, -0.2) is 4.98 Å².